The number of hydrogen-bond acceptors (Lipinski definition) is 5. The van der Waals surface area contributed by atoms with Crippen LogP contribution in [0.2, 0.25) is 0 Å². The van der Waals surface area contributed by atoms with Crippen molar-refractivity contribution in [2.45, 2.75) is 57.4 Å². The Labute approximate surface area is 129 Å². The molecule has 0 aromatic carbocycles. The molecule has 1 saturated heterocycles. The quantitative estimate of drug-likeness (QED) is 0.914. The molecule has 112 valence electrons. The molecule has 3 heterocycles. The van der Waals surface area contributed by atoms with Gasteiger partial charge in [0.25, 0.3) is 5.89 Å². The first kappa shape index (κ1) is 13.5. The van der Waals surface area contributed by atoms with Crippen LogP contribution in [0, 0.1) is 0 Å². The van der Waals surface area contributed by atoms with Gasteiger partial charge in [0.1, 0.15) is 0 Å². The molecule has 1 aliphatic heterocycles. The Morgan fingerprint density at radius 3 is 3.05 bits per heavy atom. The molecular formula is C16H21N3OS. The van der Waals surface area contributed by atoms with Crippen LogP contribution < -0.4 is 5.32 Å². The molecule has 5 heteroatoms. The average Bonchev–Trinajstić information content (AvgIpc) is 3.07. The van der Waals surface area contributed by atoms with Crippen molar-refractivity contribution in [3.63, 3.8) is 0 Å². The summed E-state index contributed by atoms with van der Waals surface area (Å²) >= 11 is 1.84. The lowest BCUT2D eigenvalue weighted by Crippen LogP contribution is -2.21. The number of nitrogens with one attached hydrogen (secondary N) is 1. The first-order valence-electron chi connectivity index (χ1n) is 8.09. The second kappa shape index (κ2) is 5.89. The van der Waals surface area contributed by atoms with Crippen molar-refractivity contribution in [1.29, 1.82) is 0 Å². The van der Waals surface area contributed by atoms with E-state index in [2.05, 4.69) is 21.5 Å². The number of fused-ring (bicyclic) bond motifs is 1. The summed E-state index contributed by atoms with van der Waals surface area (Å²) in [6.07, 6.45) is 9.94. The molecule has 0 amide bonds. The molecular weight excluding hydrogens is 282 g/mol. The van der Waals surface area contributed by atoms with Gasteiger partial charge in [0.15, 0.2) is 5.82 Å². The maximum atomic E-state index is 5.53. The molecule has 0 spiro atoms. The van der Waals surface area contributed by atoms with E-state index >= 15 is 0 Å². The van der Waals surface area contributed by atoms with Crippen LogP contribution >= 0.6 is 11.3 Å². The third-order valence-electron chi connectivity index (χ3n) is 4.52. The van der Waals surface area contributed by atoms with Crippen LogP contribution in [0.3, 0.4) is 0 Å². The summed E-state index contributed by atoms with van der Waals surface area (Å²) in [4.78, 5) is 7.32. The Morgan fingerprint density at radius 1 is 1.14 bits per heavy atom. The van der Waals surface area contributed by atoms with E-state index in [1.807, 2.05) is 11.3 Å². The van der Waals surface area contributed by atoms with Gasteiger partial charge in [-0.15, -0.1) is 11.3 Å². The second-order valence-corrected chi connectivity index (χ2v) is 7.22. The number of rotatable bonds is 2. The Bertz CT molecular complexity index is 587. The number of nitrogens with zero attached hydrogens (tertiary/aromatic N) is 2. The standard InChI is InChI=1S/C16H21N3OS/c1-2-7-12(17-9-5-1)15-18-16(20-19-15)14-10-11-6-3-4-8-13(11)21-14/h10,12,17H,1-9H2. The first-order valence-corrected chi connectivity index (χ1v) is 8.91. The zero-order chi connectivity index (χ0) is 14.1. The highest BCUT2D eigenvalue weighted by molar-refractivity contribution is 7.15. The molecule has 21 heavy (non-hydrogen) atoms. The fourth-order valence-corrected chi connectivity index (χ4v) is 4.50. The summed E-state index contributed by atoms with van der Waals surface area (Å²) in [6.45, 7) is 1.06. The number of thiophene rings is 1. The molecule has 1 aliphatic carbocycles. The molecule has 0 radical (unpaired) electrons. The molecule has 4 rings (SSSR count). The van der Waals surface area contributed by atoms with Crippen molar-refractivity contribution in [1.82, 2.24) is 15.5 Å². The average molecular weight is 303 g/mol. The van der Waals surface area contributed by atoms with E-state index in [4.69, 9.17) is 4.52 Å². The SMILES string of the molecule is c1c(-c2nc(C3CCCCCN3)no2)sc2c1CCCC2. The van der Waals surface area contributed by atoms with Crippen LogP contribution in [0.4, 0.5) is 0 Å². The van der Waals surface area contributed by atoms with Crippen molar-refractivity contribution in [2.75, 3.05) is 6.54 Å². The van der Waals surface area contributed by atoms with E-state index in [0.29, 0.717) is 5.89 Å². The van der Waals surface area contributed by atoms with Crippen LogP contribution in [0.25, 0.3) is 10.8 Å². The highest BCUT2D eigenvalue weighted by atomic mass is 32.1. The predicted molar refractivity (Wildman–Crippen MR) is 83.5 cm³/mol. The Hall–Kier alpha value is -1.20. The first-order chi connectivity index (χ1) is 10.4. The van der Waals surface area contributed by atoms with Crippen molar-refractivity contribution < 1.29 is 4.52 Å². The van der Waals surface area contributed by atoms with E-state index < -0.39 is 0 Å². The van der Waals surface area contributed by atoms with Crippen molar-refractivity contribution in [3.8, 4) is 10.8 Å². The number of aryl methyl sites for hydroxylation is 2. The maximum absolute atomic E-state index is 5.53. The van der Waals surface area contributed by atoms with Gasteiger partial charge in [0.05, 0.1) is 10.9 Å². The van der Waals surface area contributed by atoms with Gasteiger partial charge in [0, 0.05) is 4.88 Å². The van der Waals surface area contributed by atoms with Crippen molar-refractivity contribution in [3.05, 3.63) is 22.3 Å². The van der Waals surface area contributed by atoms with Crippen LogP contribution in [-0.4, -0.2) is 16.7 Å². The highest BCUT2D eigenvalue weighted by Gasteiger charge is 2.22. The van der Waals surface area contributed by atoms with Gasteiger partial charge in [-0.2, -0.15) is 4.98 Å². The van der Waals surface area contributed by atoms with E-state index in [1.54, 1.807) is 0 Å². The van der Waals surface area contributed by atoms with Crippen LogP contribution in [-0.2, 0) is 12.8 Å². The maximum Gasteiger partial charge on any atom is 0.268 e. The minimum atomic E-state index is 0.264. The van der Waals surface area contributed by atoms with Crippen LogP contribution in [0.15, 0.2) is 10.6 Å². The van der Waals surface area contributed by atoms with E-state index in [9.17, 15) is 0 Å². The molecule has 1 atom stereocenters. The molecule has 2 aromatic heterocycles. The van der Waals surface area contributed by atoms with Gasteiger partial charge in [-0.3, -0.25) is 0 Å². The number of aromatic nitrogens is 2. The highest BCUT2D eigenvalue weighted by Crippen LogP contribution is 2.35. The summed E-state index contributed by atoms with van der Waals surface area (Å²) in [5.41, 5.74) is 1.49. The summed E-state index contributed by atoms with van der Waals surface area (Å²) in [6, 6.07) is 2.52. The summed E-state index contributed by atoms with van der Waals surface area (Å²) in [7, 11) is 0. The fraction of sp³-hybridized carbons (Fsp3) is 0.625. The molecule has 1 unspecified atom stereocenters. The lowest BCUT2D eigenvalue weighted by atomic mass is 9.99. The zero-order valence-corrected chi connectivity index (χ0v) is 13.0. The zero-order valence-electron chi connectivity index (χ0n) is 12.2. The van der Waals surface area contributed by atoms with Crippen LogP contribution in [0.5, 0.6) is 0 Å². The van der Waals surface area contributed by atoms with Gasteiger partial charge in [-0.25, -0.2) is 0 Å². The summed E-state index contributed by atoms with van der Waals surface area (Å²) in [5, 5.41) is 7.75. The van der Waals surface area contributed by atoms with Gasteiger partial charge in [-0.05, 0) is 56.7 Å². The third-order valence-corrected chi connectivity index (χ3v) is 5.75. The van der Waals surface area contributed by atoms with Crippen LogP contribution in [0.1, 0.15) is 60.8 Å². The topological polar surface area (TPSA) is 51.0 Å². The predicted octanol–water partition coefficient (Wildman–Crippen LogP) is 3.88. The molecule has 1 N–H and O–H groups in total. The Kier molecular flexibility index (Phi) is 3.78. The summed E-state index contributed by atoms with van der Waals surface area (Å²) < 4.78 is 5.53. The minimum Gasteiger partial charge on any atom is -0.333 e. The Balaban J connectivity index is 1.57. The fourth-order valence-electron chi connectivity index (χ4n) is 3.32. The monoisotopic (exact) mass is 303 g/mol. The van der Waals surface area contributed by atoms with E-state index in [0.717, 1.165) is 23.7 Å². The molecule has 0 bridgehead atoms. The molecule has 1 fully saturated rings. The van der Waals surface area contributed by atoms with Gasteiger partial charge < -0.3 is 9.84 Å². The molecule has 2 aromatic rings. The van der Waals surface area contributed by atoms with Gasteiger partial charge in [-0.1, -0.05) is 18.0 Å². The van der Waals surface area contributed by atoms with Gasteiger partial charge >= 0.3 is 0 Å². The second-order valence-electron chi connectivity index (χ2n) is 6.08. The Morgan fingerprint density at radius 2 is 2.10 bits per heavy atom. The lowest BCUT2D eigenvalue weighted by Gasteiger charge is -2.09. The largest absolute Gasteiger partial charge is 0.333 e. The molecule has 2 aliphatic rings. The lowest BCUT2D eigenvalue weighted by molar-refractivity contribution is 0.403. The minimum absolute atomic E-state index is 0.264. The number of hydrogen-bond donors (Lipinski definition) is 1. The van der Waals surface area contributed by atoms with Gasteiger partial charge in [0.2, 0.25) is 0 Å². The van der Waals surface area contributed by atoms with E-state index in [-0.39, 0.29) is 6.04 Å². The normalized spacial score (nSPS) is 22.8. The molecule has 4 nitrogen and oxygen atoms in total. The van der Waals surface area contributed by atoms with Crippen molar-refractivity contribution >= 4 is 11.3 Å². The van der Waals surface area contributed by atoms with Crippen molar-refractivity contribution in [2.24, 2.45) is 0 Å². The molecule has 0 saturated carbocycles. The summed E-state index contributed by atoms with van der Waals surface area (Å²) in [5.74, 6) is 1.54. The smallest absolute Gasteiger partial charge is 0.268 e. The third kappa shape index (κ3) is 2.77. The van der Waals surface area contributed by atoms with E-state index in [1.165, 1.54) is 55.4 Å².